The Bertz CT molecular complexity index is 620. The molecule has 2 aromatic rings. The zero-order chi connectivity index (χ0) is 15.2. The number of aryl methyl sites for hydroxylation is 2. The van der Waals surface area contributed by atoms with Crippen molar-refractivity contribution in [1.82, 2.24) is 0 Å². The van der Waals surface area contributed by atoms with E-state index in [1.807, 2.05) is 32.0 Å². The number of nitrogens with one attached hydrogen (secondary N) is 2. The zero-order valence-electron chi connectivity index (χ0n) is 12.2. The number of amides is 1. The molecule has 2 N–H and O–H groups in total. The molecule has 4 heteroatoms. The molecule has 0 aliphatic heterocycles. The Morgan fingerprint density at radius 2 is 1.71 bits per heavy atom. The molecule has 2 aromatic carbocycles. The van der Waals surface area contributed by atoms with Crippen molar-refractivity contribution < 1.29 is 9.18 Å². The van der Waals surface area contributed by atoms with Gasteiger partial charge in [-0.25, -0.2) is 4.39 Å². The molecule has 0 aliphatic rings. The Labute approximate surface area is 124 Å². The van der Waals surface area contributed by atoms with Gasteiger partial charge in [-0.2, -0.15) is 0 Å². The van der Waals surface area contributed by atoms with E-state index in [0.717, 1.165) is 16.8 Å². The van der Waals surface area contributed by atoms with Crippen LogP contribution in [0.1, 0.15) is 17.5 Å². The van der Waals surface area contributed by atoms with Gasteiger partial charge in [0.05, 0.1) is 5.69 Å². The molecule has 0 unspecified atom stereocenters. The summed E-state index contributed by atoms with van der Waals surface area (Å²) in [5, 5.41) is 5.83. The van der Waals surface area contributed by atoms with Crippen molar-refractivity contribution in [3.05, 3.63) is 59.4 Å². The van der Waals surface area contributed by atoms with Gasteiger partial charge in [0, 0.05) is 18.7 Å². The highest BCUT2D eigenvalue weighted by atomic mass is 19.1. The van der Waals surface area contributed by atoms with Crippen LogP contribution in [0.25, 0.3) is 0 Å². The Hall–Kier alpha value is -2.36. The standard InChI is InChI=1S/C17H19FN2O/c1-12-6-5-7-13(2)17(12)19-11-10-16(21)20-15-9-4-3-8-14(15)18/h3-9,19H,10-11H2,1-2H3,(H,20,21). The van der Waals surface area contributed by atoms with E-state index >= 15 is 0 Å². The lowest BCUT2D eigenvalue weighted by Crippen LogP contribution is -2.17. The van der Waals surface area contributed by atoms with Crippen LogP contribution in [0.15, 0.2) is 42.5 Å². The van der Waals surface area contributed by atoms with Crippen LogP contribution in [0.2, 0.25) is 0 Å². The van der Waals surface area contributed by atoms with E-state index < -0.39 is 5.82 Å². The van der Waals surface area contributed by atoms with Gasteiger partial charge < -0.3 is 10.6 Å². The van der Waals surface area contributed by atoms with Crippen molar-refractivity contribution >= 4 is 17.3 Å². The van der Waals surface area contributed by atoms with E-state index in [2.05, 4.69) is 10.6 Å². The molecule has 0 atom stereocenters. The minimum absolute atomic E-state index is 0.209. The highest BCUT2D eigenvalue weighted by Crippen LogP contribution is 2.19. The quantitative estimate of drug-likeness (QED) is 0.875. The van der Waals surface area contributed by atoms with E-state index in [0.29, 0.717) is 6.54 Å². The van der Waals surface area contributed by atoms with Crippen molar-refractivity contribution in [2.24, 2.45) is 0 Å². The lowest BCUT2D eigenvalue weighted by Gasteiger charge is -2.12. The smallest absolute Gasteiger partial charge is 0.226 e. The summed E-state index contributed by atoms with van der Waals surface area (Å²) in [5.74, 6) is -0.632. The third-order valence-electron chi connectivity index (χ3n) is 3.28. The average Bonchev–Trinajstić information content (AvgIpc) is 2.45. The average molecular weight is 286 g/mol. The lowest BCUT2D eigenvalue weighted by molar-refractivity contribution is -0.116. The summed E-state index contributed by atoms with van der Waals surface area (Å²) in [6.45, 7) is 4.55. The molecule has 0 saturated carbocycles. The predicted molar refractivity (Wildman–Crippen MR) is 84.1 cm³/mol. The Kier molecular flexibility index (Phi) is 4.93. The maximum absolute atomic E-state index is 13.4. The number of rotatable bonds is 5. The minimum atomic E-state index is -0.423. The van der Waals surface area contributed by atoms with Crippen LogP contribution in [0.5, 0.6) is 0 Å². The first-order valence-electron chi connectivity index (χ1n) is 6.92. The molecule has 110 valence electrons. The fourth-order valence-electron chi connectivity index (χ4n) is 2.17. The summed E-state index contributed by atoms with van der Waals surface area (Å²) in [6, 6.07) is 12.2. The molecule has 0 saturated heterocycles. The van der Waals surface area contributed by atoms with E-state index in [4.69, 9.17) is 0 Å². The van der Waals surface area contributed by atoms with Gasteiger partial charge >= 0.3 is 0 Å². The largest absolute Gasteiger partial charge is 0.384 e. The molecule has 0 fully saturated rings. The second-order valence-corrected chi connectivity index (χ2v) is 4.97. The van der Waals surface area contributed by atoms with Crippen LogP contribution in [0, 0.1) is 19.7 Å². The van der Waals surface area contributed by atoms with Gasteiger partial charge in [-0.1, -0.05) is 30.3 Å². The molecule has 0 aliphatic carbocycles. The summed E-state index contributed by atoms with van der Waals surface area (Å²) >= 11 is 0. The number of anilines is 2. The Morgan fingerprint density at radius 3 is 2.38 bits per heavy atom. The lowest BCUT2D eigenvalue weighted by atomic mass is 10.1. The van der Waals surface area contributed by atoms with Crippen LogP contribution < -0.4 is 10.6 Å². The topological polar surface area (TPSA) is 41.1 Å². The molecular weight excluding hydrogens is 267 g/mol. The maximum Gasteiger partial charge on any atom is 0.226 e. The Morgan fingerprint density at radius 1 is 1.05 bits per heavy atom. The van der Waals surface area contributed by atoms with Gasteiger partial charge in [0.2, 0.25) is 5.91 Å². The summed E-state index contributed by atoms with van der Waals surface area (Å²) < 4.78 is 13.4. The molecule has 1 amide bonds. The van der Waals surface area contributed by atoms with Crippen molar-refractivity contribution in [1.29, 1.82) is 0 Å². The van der Waals surface area contributed by atoms with E-state index in [1.165, 1.54) is 6.07 Å². The first-order valence-corrected chi connectivity index (χ1v) is 6.92. The number of hydrogen-bond acceptors (Lipinski definition) is 2. The van der Waals surface area contributed by atoms with Gasteiger partial charge in [-0.3, -0.25) is 4.79 Å². The third kappa shape index (κ3) is 4.05. The van der Waals surface area contributed by atoms with Gasteiger partial charge in [-0.05, 0) is 37.1 Å². The van der Waals surface area contributed by atoms with Gasteiger partial charge in [0.25, 0.3) is 0 Å². The molecule has 0 bridgehead atoms. The number of carbonyl (C=O) groups excluding carboxylic acids is 1. The van der Waals surface area contributed by atoms with Crippen LogP contribution in [-0.4, -0.2) is 12.5 Å². The molecule has 2 rings (SSSR count). The summed E-state index contributed by atoms with van der Waals surface area (Å²) in [5.41, 5.74) is 3.56. The fraction of sp³-hybridized carbons (Fsp3) is 0.235. The first kappa shape index (κ1) is 15.0. The van der Waals surface area contributed by atoms with Crippen LogP contribution in [0.4, 0.5) is 15.8 Å². The van der Waals surface area contributed by atoms with E-state index in [9.17, 15) is 9.18 Å². The van der Waals surface area contributed by atoms with Gasteiger partial charge in [0.15, 0.2) is 0 Å². The van der Waals surface area contributed by atoms with Crippen molar-refractivity contribution in [3.63, 3.8) is 0 Å². The minimum Gasteiger partial charge on any atom is -0.384 e. The SMILES string of the molecule is Cc1cccc(C)c1NCCC(=O)Nc1ccccc1F. The van der Waals surface area contributed by atoms with Gasteiger partial charge in [-0.15, -0.1) is 0 Å². The molecule has 3 nitrogen and oxygen atoms in total. The molecule has 0 radical (unpaired) electrons. The number of hydrogen-bond donors (Lipinski definition) is 2. The summed E-state index contributed by atoms with van der Waals surface area (Å²) in [6.07, 6.45) is 0.280. The normalized spacial score (nSPS) is 10.2. The number of benzene rings is 2. The second-order valence-electron chi connectivity index (χ2n) is 4.97. The third-order valence-corrected chi connectivity index (χ3v) is 3.28. The van der Waals surface area contributed by atoms with Crippen LogP contribution in [-0.2, 0) is 4.79 Å². The first-order chi connectivity index (χ1) is 10.1. The molecular formula is C17H19FN2O. The number of halogens is 1. The fourth-order valence-corrected chi connectivity index (χ4v) is 2.17. The van der Waals surface area contributed by atoms with Crippen molar-refractivity contribution in [2.45, 2.75) is 20.3 Å². The molecule has 0 aromatic heterocycles. The van der Waals surface area contributed by atoms with Crippen LogP contribution >= 0.6 is 0 Å². The predicted octanol–water partition coefficient (Wildman–Crippen LogP) is 3.88. The monoisotopic (exact) mass is 286 g/mol. The summed E-state index contributed by atoms with van der Waals surface area (Å²) in [7, 11) is 0. The Balaban J connectivity index is 1.86. The number of para-hydroxylation sites is 2. The van der Waals surface area contributed by atoms with Crippen molar-refractivity contribution in [3.8, 4) is 0 Å². The van der Waals surface area contributed by atoms with Crippen LogP contribution in [0.3, 0.4) is 0 Å². The van der Waals surface area contributed by atoms with Crippen molar-refractivity contribution in [2.75, 3.05) is 17.2 Å². The van der Waals surface area contributed by atoms with Gasteiger partial charge in [0.1, 0.15) is 5.82 Å². The summed E-state index contributed by atoms with van der Waals surface area (Å²) in [4.78, 5) is 11.8. The maximum atomic E-state index is 13.4. The molecule has 0 heterocycles. The highest BCUT2D eigenvalue weighted by molar-refractivity contribution is 5.91. The second kappa shape index (κ2) is 6.88. The highest BCUT2D eigenvalue weighted by Gasteiger charge is 2.07. The van der Waals surface area contributed by atoms with E-state index in [-0.39, 0.29) is 18.0 Å². The van der Waals surface area contributed by atoms with E-state index in [1.54, 1.807) is 18.2 Å². The number of carbonyl (C=O) groups is 1. The zero-order valence-corrected chi connectivity index (χ0v) is 12.2. The molecule has 21 heavy (non-hydrogen) atoms. The molecule has 0 spiro atoms.